The first kappa shape index (κ1) is 31.6. The Morgan fingerprint density at radius 2 is 1.71 bits per heavy atom. The number of nitrogens with zero attached hydrogens (tertiary/aromatic N) is 2. The highest BCUT2D eigenvalue weighted by Crippen LogP contribution is 2.38. The first-order valence-corrected chi connectivity index (χ1v) is 12.6. The van der Waals surface area contributed by atoms with Crippen molar-refractivity contribution in [1.29, 1.82) is 5.41 Å². The van der Waals surface area contributed by atoms with Gasteiger partial charge in [0.2, 0.25) is 0 Å². The standard InChI is InChI=1S/C25H31Cl2F3N4O4/c1-23(2,3)13-34(12-18(35)19-16(26)10-32-11-17(19)27)21(36)15(9-31)20(25(28,29)30)33-14-5-7-24(4,8-6-14)22(37)38/h9-11,14,31,33H,5-8,12-13H2,1-4H3,(H,37,38)/b20-15+,31-9?/t14-,24-. The Labute approximate surface area is 229 Å². The summed E-state index contributed by atoms with van der Waals surface area (Å²) in [6.07, 6.45) is -1.78. The summed E-state index contributed by atoms with van der Waals surface area (Å²) in [7, 11) is 0. The van der Waals surface area contributed by atoms with Gasteiger partial charge in [-0.05, 0) is 38.0 Å². The minimum absolute atomic E-state index is 0.0724. The molecule has 1 aromatic heterocycles. The average molecular weight is 579 g/mol. The number of aliphatic carboxylic acids is 1. The van der Waals surface area contributed by atoms with Crippen LogP contribution in [-0.4, -0.2) is 64.2 Å². The molecule has 0 aliphatic heterocycles. The van der Waals surface area contributed by atoms with Crippen molar-refractivity contribution < 1.29 is 32.7 Å². The van der Waals surface area contributed by atoms with E-state index in [1.165, 1.54) is 12.4 Å². The molecule has 38 heavy (non-hydrogen) atoms. The van der Waals surface area contributed by atoms with Crippen LogP contribution in [0.2, 0.25) is 10.0 Å². The van der Waals surface area contributed by atoms with Crippen LogP contribution >= 0.6 is 23.2 Å². The normalized spacial score (nSPS) is 20.8. The molecule has 0 aromatic carbocycles. The fourth-order valence-electron chi connectivity index (χ4n) is 4.24. The summed E-state index contributed by atoms with van der Waals surface area (Å²) >= 11 is 12.1. The molecule has 0 unspecified atom stereocenters. The van der Waals surface area contributed by atoms with Crippen molar-refractivity contribution >= 4 is 47.1 Å². The van der Waals surface area contributed by atoms with Gasteiger partial charge >= 0.3 is 12.1 Å². The lowest BCUT2D eigenvalue weighted by Crippen LogP contribution is -2.46. The maximum absolute atomic E-state index is 14.2. The minimum Gasteiger partial charge on any atom is -0.481 e. The van der Waals surface area contributed by atoms with Crippen LogP contribution in [0.25, 0.3) is 0 Å². The lowest BCUT2D eigenvalue weighted by molar-refractivity contribution is -0.150. The van der Waals surface area contributed by atoms with Crippen LogP contribution in [0.3, 0.4) is 0 Å². The maximum atomic E-state index is 14.2. The molecule has 210 valence electrons. The summed E-state index contributed by atoms with van der Waals surface area (Å²) in [6.45, 7) is 6.01. The van der Waals surface area contributed by atoms with Crippen LogP contribution in [0, 0.1) is 16.2 Å². The van der Waals surface area contributed by atoms with Gasteiger partial charge in [-0.15, -0.1) is 0 Å². The first-order chi connectivity index (χ1) is 17.4. The number of hydrogen-bond acceptors (Lipinski definition) is 6. The molecule has 1 aromatic rings. The number of carboxylic acids is 1. The number of halogens is 5. The number of allylic oxidation sites excluding steroid dienone is 1. The van der Waals surface area contributed by atoms with Gasteiger partial charge < -0.3 is 20.7 Å². The molecule has 1 saturated carbocycles. The Balaban J connectivity index is 2.45. The number of aromatic nitrogens is 1. The Morgan fingerprint density at radius 3 is 2.13 bits per heavy atom. The van der Waals surface area contributed by atoms with E-state index in [0.717, 1.165) is 4.90 Å². The number of carboxylic acid groups (broad SMARTS) is 1. The molecular formula is C25H31Cl2F3N4O4. The Kier molecular flexibility index (Phi) is 9.99. The summed E-state index contributed by atoms with van der Waals surface area (Å²) < 4.78 is 42.6. The number of ketones is 1. The van der Waals surface area contributed by atoms with Gasteiger partial charge in [0.15, 0.2) is 5.78 Å². The molecule has 1 fully saturated rings. The third-order valence-corrected chi connectivity index (χ3v) is 6.87. The molecule has 13 heteroatoms. The van der Waals surface area contributed by atoms with Crippen molar-refractivity contribution in [3.05, 3.63) is 39.3 Å². The van der Waals surface area contributed by atoms with Gasteiger partial charge in [0.05, 0.1) is 33.1 Å². The predicted octanol–water partition coefficient (Wildman–Crippen LogP) is 5.53. The van der Waals surface area contributed by atoms with Crippen LogP contribution < -0.4 is 5.32 Å². The highest BCUT2D eigenvalue weighted by atomic mass is 35.5. The van der Waals surface area contributed by atoms with E-state index >= 15 is 0 Å². The van der Waals surface area contributed by atoms with Crippen molar-refractivity contribution in [2.75, 3.05) is 13.1 Å². The van der Waals surface area contributed by atoms with Gasteiger partial charge in [-0.1, -0.05) is 44.0 Å². The highest BCUT2D eigenvalue weighted by molar-refractivity contribution is 6.39. The number of alkyl halides is 3. The summed E-state index contributed by atoms with van der Waals surface area (Å²) in [5.41, 5.74) is -4.15. The molecule has 0 radical (unpaired) electrons. The van der Waals surface area contributed by atoms with Crippen LogP contribution in [0.1, 0.15) is 63.7 Å². The summed E-state index contributed by atoms with van der Waals surface area (Å²) in [6, 6.07) is -0.756. The van der Waals surface area contributed by atoms with Crippen LogP contribution in [-0.2, 0) is 9.59 Å². The quantitative estimate of drug-likeness (QED) is 0.201. The molecule has 3 N–H and O–H groups in total. The number of carbonyl (C=O) groups excluding carboxylic acids is 2. The van der Waals surface area contributed by atoms with E-state index in [0.29, 0.717) is 6.21 Å². The van der Waals surface area contributed by atoms with Gasteiger partial charge in [-0.2, -0.15) is 13.2 Å². The Hall–Kier alpha value is -2.66. The van der Waals surface area contributed by atoms with Gasteiger partial charge in [-0.3, -0.25) is 19.4 Å². The fraction of sp³-hybridized carbons (Fsp3) is 0.560. The number of Topliss-reactive ketones (excluding diaryl/α,β-unsaturated/α-hetero) is 1. The Morgan fingerprint density at radius 1 is 1.18 bits per heavy atom. The van der Waals surface area contributed by atoms with Crippen molar-refractivity contribution in [3.63, 3.8) is 0 Å². The molecule has 0 bridgehead atoms. The zero-order chi connectivity index (χ0) is 29.1. The van der Waals surface area contributed by atoms with Gasteiger partial charge in [0, 0.05) is 31.2 Å². The molecule has 8 nitrogen and oxygen atoms in total. The van der Waals surface area contributed by atoms with Gasteiger partial charge in [-0.25, -0.2) is 0 Å². The van der Waals surface area contributed by atoms with E-state index in [2.05, 4.69) is 10.3 Å². The average Bonchev–Trinajstić information content (AvgIpc) is 2.78. The number of amides is 1. The summed E-state index contributed by atoms with van der Waals surface area (Å²) in [4.78, 5) is 42.7. The zero-order valence-corrected chi connectivity index (χ0v) is 23.0. The van der Waals surface area contributed by atoms with E-state index in [4.69, 9.17) is 28.6 Å². The van der Waals surface area contributed by atoms with Crippen molar-refractivity contribution in [2.45, 2.75) is 65.6 Å². The third-order valence-electron chi connectivity index (χ3n) is 6.30. The van der Waals surface area contributed by atoms with E-state index < -0.39 is 58.5 Å². The molecule has 1 amide bonds. The molecule has 2 rings (SSSR count). The second-order valence-electron chi connectivity index (χ2n) is 10.8. The lowest BCUT2D eigenvalue weighted by atomic mass is 9.74. The van der Waals surface area contributed by atoms with E-state index in [1.807, 2.05) is 0 Å². The van der Waals surface area contributed by atoms with Crippen LogP contribution in [0.15, 0.2) is 23.7 Å². The summed E-state index contributed by atoms with van der Waals surface area (Å²) in [5, 5.41) is 19.3. The van der Waals surface area contributed by atoms with E-state index in [-0.39, 0.29) is 47.8 Å². The number of nitrogens with one attached hydrogen (secondary N) is 2. The SMILES string of the molecule is CC(C)(C)CN(CC(=O)c1c(Cl)cncc1Cl)C(=O)/C(C=N)=C(/N[C@H]1CC[C@](C)(C(=O)O)CC1)C(F)(F)F. The largest absolute Gasteiger partial charge is 0.481 e. The fourth-order valence-corrected chi connectivity index (χ4v) is 4.82. The maximum Gasteiger partial charge on any atom is 0.431 e. The first-order valence-electron chi connectivity index (χ1n) is 11.8. The topological polar surface area (TPSA) is 123 Å². The zero-order valence-electron chi connectivity index (χ0n) is 21.5. The molecule has 0 spiro atoms. The molecule has 0 saturated heterocycles. The number of carbonyl (C=O) groups is 3. The lowest BCUT2D eigenvalue weighted by Gasteiger charge is -2.36. The smallest absolute Gasteiger partial charge is 0.431 e. The molecule has 0 atom stereocenters. The summed E-state index contributed by atoms with van der Waals surface area (Å²) in [5.74, 6) is -2.89. The van der Waals surface area contributed by atoms with E-state index in [1.54, 1.807) is 27.7 Å². The minimum atomic E-state index is -5.02. The third kappa shape index (κ3) is 7.92. The monoisotopic (exact) mass is 578 g/mol. The molecule has 1 heterocycles. The highest BCUT2D eigenvalue weighted by Gasteiger charge is 2.43. The molecular weight excluding hydrogens is 548 g/mol. The van der Waals surface area contributed by atoms with Gasteiger partial charge in [0.25, 0.3) is 5.91 Å². The number of hydrogen-bond donors (Lipinski definition) is 3. The second kappa shape index (κ2) is 12.0. The van der Waals surface area contributed by atoms with Crippen LogP contribution in [0.5, 0.6) is 0 Å². The van der Waals surface area contributed by atoms with Crippen molar-refractivity contribution in [1.82, 2.24) is 15.2 Å². The Bertz CT molecular complexity index is 1100. The van der Waals surface area contributed by atoms with Crippen molar-refractivity contribution in [3.8, 4) is 0 Å². The van der Waals surface area contributed by atoms with Crippen LogP contribution in [0.4, 0.5) is 13.2 Å². The van der Waals surface area contributed by atoms with Gasteiger partial charge in [0.1, 0.15) is 5.70 Å². The molecule has 1 aliphatic rings. The predicted molar refractivity (Wildman–Crippen MR) is 138 cm³/mol. The second-order valence-corrected chi connectivity index (χ2v) is 11.7. The molecule has 1 aliphatic carbocycles. The van der Waals surface area contributed by atoms with Crippen molar-refractivity contribution in [2.24, 2.45) is 10.8 Å². The number of rotatable bonds is 9. The van der Waals surface area contributed by atoms with E-state index in [9.17, 15) is 32.7 Å². The number of pyridine rings is 1.